The van der Waals surface area contributed by atoms with Crippen LogP contribution in [0, 0.1) is 6.92 Å². The van der Waals surface area contributed by atoms with Gasteiger partial charge in [-0.1, -0.05) is 0 Å². The van der Waals surface area contributed by atoms with Crippen molar-refractivity contribution in [1.29, 1.82) is 0 Å². The average Bonchev–Trinajstić information content (AvgIpc) is 2.27. The second kappa shape index (κ2) is 5.93. The molecule has 0 aliphatic rings. The number of aryl methyl sites for hydroxylation is 1. The Morgan fingerprint density at radius 2 is 2.11 bits per heavy atom. The van der Waals surface area contributed by atoms with Gasteiger partial charge < -0.3 is 17.1 Å². The van der Waals surface area contributed by atoms with Crippen molar-refractivity contribution in [2.45, 2.75) is 11.8 Å². The van der Waals surface area contributed by atoms with E-state index in [2.05, 4.69) is 4.98 Å². The van der Waals surface area contributed by atoms with Crippen LogP contribution in [0.5, 0.6) is 5.75 Å². The first-order valence-electron chi connectivity index (χ1n) is 5.11. The quantitative estimate of drug-likeness (QED) is 0.370. The predicted octanol–water partition coefficient (Wildman–Crippen LogP) is -2.28. The molecule has 0 amide bonds. The van der Waals surface area contributed by atoms with Gasteiger partial charge in [0.2, 0.25) is 0 Å². The first kappa shape index (κ1) is 14.6. The zero-order chi connectivity index (χ0) is 12.4. The summed E-state index contributed by atoms with van der Waals surface area (Å²) < 4.78 is 5.21. The molecule has 96 valence electrons. The predicted molar refractivity (Wildman–Crippen MR) is 70.0 cm³/mol. The van der Waals surface area contributed by atoms with E-state index in [0.717, 1.165) is 27.2 Å². The summed E-state index contributed by atoms with van der Waals surface area (Å²) in [4.78, 5) is 5.45. The molecule has 2 aromatic rings. The first-order chi connectivity index (χ1) is 8.10. The zero-order valence-electron chi connectivity index (χ0n) is 10.1. The third-order valence-corrected chi connectivity index (χ3v) is 3.13. The molecule has 0 aliphatic heterocycles. The van der Waals surface area contributed by atoms with Crippen molar-refractivity contribution in [3.63, 3.8) is 0 Å². The van der Waals surface area contributed by atoms with Gasteiger partial charge in [-0.15, -0.1) is 0 Å². The molecule has 4 N–H and O–H groups in total. The van der Waals surface area contributed by atoms with Crippen LogP contribution in [0.25, 0.3) is 10.9 Å². The van der Waals surface area contributed by atoms with Crippen LogP contribution >= 0.6 is 11.8 Å². The molecule has 18 heavy (non-hydrogen) atoms. The van der Waals surface area contributed by atoms with Crippen LogP contribution in [0.15, 0.2) is 29.2 Å². The van der Waals surface area contributed by atoms with Gasteiger partial charge in [-0.25, -0.2) is 0 Å². The second-order valence-electron chi connectivity index (χ2n) is 3.65. The van der Waals surface area contributed by atoms with E-state index in [1.807, 2.05) is 31.2 Å². The Labute approximate surface area is 116 Å². The number of nitrogens with two attached hydrogens (primary N) is 2. The second-order valence-corrected chi connectivity index (χ2v) is 4.76. The maximum absolute atomic E-state index is 5.54. The van der Waals surface area contributed by atoms with Gasteiger partial charge >= 0.3 is 5.17 Å². The fourth-order valence-corrected chi connectivity index (χ4v) is 2.39. The van der Waals surface area contributed by atoms with Crippen molar-refractivity contribution in [2.24, 2.45) is 5.73 Å². The minimum absolute atomic E-state index is 0. The Morgan fingerprint density at radius 1 is 1.39 bits per heavy atom. The molecule has 4 nitrogen and oxygen atoms in total. The van der Waals surface area contributed by atoms with Crippen LogP contribution in [-0.4, -0.2) is 17.3 Å². The summed E-state index contributed by atoms with van der Waals surface area (Å²) >= 11 is 1.34. The van der Waals surface area contributed by atoms with Gasteiger partial charge in [-0.05, 0) is 43.0 Å². The minimum atomic E-state index is 0. The van der Waals surface area contributed by atoms with Gasteiger partial charge in [-0.2, -0.15) is 0 Å². The van der Waals surface area contributed by atoms with Crippen LogP contribution in [0.1, 0.15) is 5.69 Å². The molecule has 1 aromatic carbocycles. The Kier molecular flexibility index (Phi) is 4.81. The number of aromatic nitrogens is 1. The molecule has 0 unspecified atom stereocenters. The molecule has 6 heteroatoms. The summed E-state index contributed by atoms with van der Waals surface area (Å²) in [5.41, 5.74) is 7.39. The fraction of sp³-hybridized carbons (Fsp3) is 0.167. The maximum atomic E-state index is 5.54. The highest BCUT2D eigenvalue weighted by atomic mass is 35.5. The third-order valence-electron chi connectivity index (χ3n) is 2.33. The van der Waals surface area contributed by atoms with Gasteiger partial charge in [0.25, 0.3) is 0 Å². The lowest BCUT2D eigenvalue weighted by Gasteiger charge is -2.07. The molecule has 0 saturated carbocycles. The van der Waals surface area contributed by atoms with E-state index in [9.17, 15) is 0 Å². The molecule has 1 heterocycles. The summed E-state index contributed by atoms with van der Waals surface area (Å²) in [6.45, 7) is 1.94. The van der Waals surface area contributed by atoms with Crippen molar-refractivity contribution >= 4 is 27.8 Å². The number of halogens is 1. The van der Waals surface area contributed by atoms with Gasteiger partial charge in [0.15, 0.2) is 0 Å². The zero-order valence-corrected chi connectivity index (χ0v) is 11.7. The lowest BCUT2D eigenvalue weighted by atomic mass is 10.2. The van der Waals surface area contributed by atoms with Gasteiger partial charge in [0.05, 0.1) is 12.6 Å². The standard InChI is InChI=1S/C12H13N3OS.ClH/c1-7-5-11(17-12(13)14)9-6-8(16-2)3-4-10(9)15-7;/h3-6H,1-2H3,(H3,13,14);1H. The van der Waals surface area contributed by atoms with E-state index < -0.39 is 0 Å². The highest BCUT2D eigenvalue weighted by Gasteiger charge is 2.09. The van der Waals surface area contributed by atoms with Crippen LogP contribution in [0.3, 0.4) is 0 Å². The van der Waals surface area contributed by atoms with Gasteiger partial charge in [-0.3, -0.25) is 16.1 Å². The number of hydrogen-bond acceptors (Lipinski definition) is 3. The largest absolute Gasteiger partial charge is 1.00 e. The van der Waals surface area contributed by atoms with Crippen molar-refractivity contribution < 1.29 is 22.6 Å². The Balaban J connectivity index is 0.00000162. The average molecular weight is 284 g/mol. The summed E-state index contributed by atoms with van der Waals surface area (Å²) in [5, 5.41) is 6.85. The Bertz CT molecular complexity index is 589. The molecule has 0 aliphatic carbocycles. The van der Waals surface area contributed by atoms with Crippen molar-refractivity contribution in [3.05, 3.63) is 30.0 Å². The highest BCUT2D eigenvalue weighted by Crippen LogP contribution is 2.29. The van der Waals surface area contributed by atoms with Crippen LogP contribution in [0.4, 0.5) is 0 Å². The van der Waals surface area contributed by atoms with Gasteiger partial charge in [0, 0.05) is 16.0 Å². The molecule has 0 fully saturated rings. The molecule has 1 aromatic heterocycles. The molecule has 0 bridgehead atoms. The SMILES string of the molecule is COc1ccc2nc(C)cc(SC(N)=[NH2+])c2c1.[Cl-]. The van der Waals surface area contributed by atoms with Crippen LogP contribution in [-0.2, 0) is 0 Å². The molecule has 0 radical (unpaired) electrons. The van der Waals surface area contributed by atoms with E-state index in [0.29, 0.717) is 5.17 Å². The number of ether oxygens (including phenoxy) is 1. The van der Waals surface area contributed by atoms with E-state index in [1.54, 1.807) is 7.11 Å². The van der Waals surface area contributed by atoms with Crippen molar-refractivity contribution in [2.75, 3.05) is 7.11 Å². The number of methoxy groups -OCH3 is 1. The number of benzene rings is 1. The molecular weight excluding hydrogens is 270 g/mol. The highest BCUT2D eigenvalue weighted by molar-refractivity contribution is 8.13. The van der Waals surface area contributed by atoms with Crippen LogP contribution in [0.2, 0.25) is 0 Å². The number of hydrogen-bond donors (Lipinski definition) is 2. The van der Waals surface area contributed by atoms with Crippen molar-refractivity contribution in [1.82, 2.24) is 4.98 Å². The summed E-state index contributed by atoms with van der Waals surface area (Å²) in [6, 6.07) is 7.72. The Hall–Kier alpha value is -1.46. The van der Waals surface area contributed by atoms with E-state index in [1.165, 1.54) is 11.8 Å². The molecule has 0 atom stereocenters. The minimum Gasteiger partial charge on any atom is -1.00 e. The number of thioether (sulfide) groups is 1. The van der Waals surface area contributed by atoms with E-state index in [-0.39, 0.29) is 12.4 Å². The number of rotatable bonds is 2. The monoisotopic (exact) mass is 283 g/mol. The first-order valence-corrected chi connectivity index (χ1v) is 5.93. The number of fused-ring (bicyclic) bond motifs is 1. The third kappa shape index (κ3) is 3.05. The molecule has 0 saturated heterocycles. The van der Waals surface area contributed by atoms with Crippen LogP contribution < -0.4 is 28.3 Å². The Morgan fingerprint density at radius 3 is 2.72 bits per heavy atom. The summed E-state index contributed by atoms with van der Waals surface area (Å²) in [7, 11) is 1.64. The number of pyridine rings is 1. The molecule has 0 spiro atoms. The lowest BCUT2D eigenvalue weighted by molar-refractivity contribution is -0.110. The van der Waals surface area contributed by atoms with Crippen molar-refractivity contribution in [3.8, 4) is 5.75 Å². The number of nitrogens with zero attached hydrogens (tertiary/aromatic N) is 1. The maximum Gasteiger partial charge on any atom is 0.304 e. The summed E-state index contributed by atoms with van der Waals surface area (Å²) in [5.74, 6) is 0.792. The summed E-state index contributed by atoms with van der Waals surface area (Å²) in [6.07, 6.45) is 0. The van der Waals surface area contributed by atoms with Gasteiger partial charge in [0.1, 0.15) is 5.75 Å². The number of amidine groups is 1. The smallest absolute Gasteiger partial charge is 0.304 e. The molecular formula is C12H14ClN3OS. The lowest BCUT2D eigenvalue weighted by Crippen LogP contribution is -3.00. The normalized spacial score (nSPS) is 9.89. The fourth-order valence-electron chi connectivity index (χ4n) is 1.64. The topological polar surface area (TPSA) is 73.7 Å². The van der Waals surface area contributed by atoms with E-state index >= 15 is 0 Å². The van der Waals surface area contributed by atoms with E-state index in [4.69, 9.17) is 15.9 Å². The molecule has 2 rings (SSSR count).